The van der Waals surface area contributed by atoms with Crippen molar-refractivity contribution in [3.05, 3.63) is 54.1 Å². The SMILES string of the molecule is CCCCNC(=O)N(CCCC)c1cccc(Sc2ccc(CC(=O)OCC)cc2)c1. The Hall–Kier alpha value is -2.47. The Kier molecular flexibility index (Phi) is 11.0. The number of ether oxygens (including phenoxy) is 1. The zero-order chi connectivity index (χ0) is 22.5. The first-order chi connectivity index (χ1) is 15.1. The van der Waals surface area contributed by atoms with Crippen LogP contribution in [0.1, 0.15) is 52.0 Å². The summed E-state index contributed by atoms with van der Waals surface area (Å²) in [6.45, 7) is 7.85. The molecule has 1 N–H and O–H groups in total. The van der Waals surface area contributed by atoms with Gasteiger partial charge >= 0.3 is 12.0 Å². The van der Waals surface area contributed by atoms with E-state index < -0.39 is 0 Å². The van der Waals surface area contributed by atoms with Crippen LogP contribution < -0.4 is 10.2 Å². The Balaban J connectivity index is 2.07. The molecule has 168 valence electrons. The molecule has 5 nitrogen and oxygen atoms in total. The predicted molar refractivity (Wildman–Crippen MR) is 128 cm³/mol. The molecule has 2 aromatic rings. The molecule has 0 aliphatic carbocycles. The minimum atomic E-state index is -0.208. The number of esters is 1. The number of rotatable bonds is 12. The van der Waals surface area contributed by atoms with Crippen LogP contribution in [0.5, 0.6) is 0 Å². The second kappa shape index (κ2) is 13.8. The minimum absolute atomic E-state index is 0.0348. The molecule has 0 atom stereocenters. The summed E-state index contributed by atoms with van der Waals surface area (Å²) >= 11 is 1.64. The second-order valence-corrected chi connectivity index (χ2v) is 8.46. The van der Waals surface area contributed by atoms with Crippen molar-refractivity contribution in [1.82, 2.24) is 5.32 Å². The van der Waals surface area contributed by atoms with E-state index in [1.165, 1.54) is 0 Å². The number of nitrogens with one attached hydrogen (secondary N) is 1. The number of urea groups is 1. The summed E-state index contributed by atoms with van der Waals surface area (Å²) in [5, 5.41) is 3.03. The van der Waals surface area contributed by atoms with Crippen molar-refractivity contribution in [3.8, 4) is 0 Å². The molecule has 0 bridgehead atoms. The molecule has 0 saturated carbocycles. The first-order valence-electron chi connectivity index (χ1n) is 11.1. The monoisotopic (exact) mass is 442 g/mol. The fourth-order valence-corrected chi connectivity index (χ4v) is 3.91. The molecule has 6 heteroatoms. The van der Waals surface area contributed by atoms with Gasteiger partial charge in [-0.05, 0) is 55.7 Å². The maximum absolute atomic E-state index is 12.7. The van der Waals surface area contributed by atoms with Crippen LogP contribution in [-0.2, 0) is 16.0 Å². The van der Waals surface area contributed by atoms with Crippen molar-refractivity contribution in [2.75, 3.05) is 24.6 Å². The highest BCUT2D eigenvalue weighted by molar-refractivity contribution is 7.99. The number of nitrogens with zero attached hydrogens (tertiary/aromatic N) is 1. The van der Waals surface area contributed by atoms with Crippen LogP contribution in [0.15, 0.2) is 58.3 Å². The molecule has 0 saturated heterocycles. The van der Waals surface area contributed by atoms with Crippen LogP contribution in [0, 0.1) is 0 Å². The summed E-state index contributed by atoms with van der Waals surface area (Å²) in [6, 6.07) is 16.0. The van der Waals surface area contributed by atoms with Crippen LogP contribution in [0.4, 0.5) is 10.5 Å². The molecule has 0 fully saturated rings. The molecular weight excluding hydrogens is 408 g/mol. The van der Waals surface area contributed by atoms with Gasteiger partial charge in [0, 0.05) is 28.6 Å². The number of hydrogen-bond donors (Lipinski definition) is 1. The van der Waals surface area contributed by atoms with Gasteiger partial charge in [-0.1, -0.05) is 56.7 Å². The summed E-state index contributed by atoms with van der Waals surface area (Å²) in [6.07, 6.45) is 4.31. The molecule has 31 heavy (non-hydrogen) atoms. The molecule has 0 radical (unpaired) electrons. The average Bonchev–Trinajstić information content (AvgIpc) is 2.76. The topological polar surface area (TPSA) is 58.6 Å². The van der Waals surface area contributed by atoms with E-state index in [9.17, 15) is 9.59 Å². The zero-order valence-corrected chi connectivity index (χ0v) is 19.7. The Morgan fingerprint density at radius 1 is 0.968 bits per heavy atom. The Labute approximate surface area is 190 Å². The molecule has 0 aliphatic heterocycles. The lowest BCUT2D eigenvalue weighted by Crippen LogP contribution is -2.41. The summed E-state index contributed by atoms with van der Waals surface area (Å²) in [5.74, 6) is -0.208. The molecule has 0 unspecified atom stereocenters. The molecule has 0 aromatic heterocycles. The fraction of sp³-hybridized carbons (Fsp3) is 0.440. The first kappa shape index (κ1) is 24.8. The molecule has 0 heterocycles. The third-order valence-electron chi connectivity index (χ3n) is 4.73. The number of amides is 2. The Morgan fingerprint density at radius 3 is 2.39 bits per heavy atom. The van der Waals surface area contributed by atoms with Gasteiger partial charge in [-0.25, -0.2) is 4.79 Å². The molecule has 0 spiro atoms. The highest BCUT2D eigenvalue weighted by Crippen LogP contribution is 2.31. The number of carbonyl (C=O) groups excluding carboxylic acids is 2. The van der Waals surface area contributed by atoms with E-state index in [-0.39, 0.29) is 18.4 Å². The molecule has 2 aromatic carbocycles. The van der Waals surface area contributed by atoms with Crippen molar-refractivity contribution < 1.29 is 14.3 Å². The van der Waals surface area contributed by atoms with Gasteiger partial charge in [-0.15, -0.1) is 0 Å². The summed E-state index contributed by atoms with van der Waals surface area (Å²) in [5.41, 5.74) is 1.84. The summed E-state index contributed by atoms with van der Waals surface area (Å²) < 4.78 is 5.00. The smallest absolute Gasteiger partial charge is 0.321 e. The third-order valence-corrected chi connectivity index (χ3v) is 5.73. The largest absolute Gasteiger partial charge is 0.466 e. The van der Waals surface area contributed by atoms with Crippen LogP contribution in [-0.4, -0.2) is 31.7 Å². The highest BCUT2D eigenvalue weighted by atomic mass is 32.2. The molecule has 0 aliphatic rings. The maximum Gasteiger partial charge on any atom is 0.321 e. The van der Waals surface area contributed by atoms with Crippen molar-refractivity contribution in [3.63, 3.8) is 0 Å². The summed E-state index contributed by atoms with van der Waals surface area (Å²) in [7, 11) is 0. The van der Waals surface area contributed by atoms with Crippen LogP contribution >= 0.6 is 11.8 Å². The van der Waals surface area contributed by atoms with Crippen LogP contribution in [0.3, 0.4) is 0 Å². The minimum Gasteiger partial charge on any atom is -0.466 e. The molecule has 2 rings (SSSR count). The van der Waals surface area contributed by atoms with Gasteiger partial charge in [-0.2, -0.15) is 0 Å². The van der Waals surface area contributed by atoms with Crippen LogP contribution in [0.25, 0.3) is 0 Å². The second-order valence-electron chi connectivity index (χ2n) is 7.32. The highest BCUT2D eigenvalue weighted by Gasteiger charge is 2.15. The third kappa shape index (κ3) is 8.66. The number of hydrogen-bond acceptors (Lipinski definition) is 4. The van der Waals surface area contributed by atoms with Gasteiger partial charge < -0.3 is 10.1 Å². The molecule has 2 amide bonds. The van der Waals surface area contributed by atoms with E-state index in [2.05, 4.69) is 25.2 Å². The lowest BCUT2D eigenvalue weighted by molar-refractivity contribution is -0.142. The van der Waals surface area contributed by atoms with E-state index in [1.807, 2.05) is 54.3 Å². The predicted octanol–water partition coefficient (Wildman–Crippen LogP) is 6.06. The number of unbranched alkanes of at least 4 members (excludes halogenated alkanes) is 2. The van der Waals surface area contributed by atoms with Gasteiger partial charge in [0.15, 0.2) is 0 Å². The van der Waals surface area contributed by atoms with Gasteiger partial charge in [0.25, 0.3) is 0 Å². The normalized spacial score (nSPS) is 10.5. The number of carbonyl (C=O) groups is 2. The van der Waals surface area contributed by atoms with Gasteiger partial charge in [-0.3, -0.25) is 9.69 Å². The van der Waals surface area contributed by atoms with Crippen molar-refractivity contribution >= 4 is 29.4 Å². The van der Waals surface area contributed by atoms with E-state index >= 15 is 0 Å². The standard InChI is InChI=1S/C25H34N2O3S/c1-4-7-16-26-25(29)27(17-8-5-2)21-10-9-11-23(19-21)31-22-14-12-20(13-15-22)18-24(28)30-6-3/h9-15,19H,4-8,16-18H2,1-3H3,(H,26,29). The lowest BCUT2D eigenvalue weighted by atomic mass is 10.1. The van der Waals surface area contributed by atoms with Gasteiger partial charge in [0.1, 0.15) is 0 Å². The van der Waals surface area contributed by atoms with E-state index in [0.29, 0.717) is 19.7 Å². The number of anilines is 1. The van der Waals surface area contributed by atoms with Gasteiger partial charge in [0.05, 0.1) is 13.0 Å². The van der Waals surface area contributed by atoms with Gasteiger partial charge in [0.2, 0.25) is 0 Å². The van der Waals surface area contributed by atoms with E-state index in [4.69, 9.17) is 4.74 Å². The zero-order valence-electron chi connectivity index (χ0n) is 18.9. The maximum atomic E-state index is 12.7. The summed E-state index contributed by atoms with van der Waals surface area (Å²) in [4.78, 5) is 28.4. The first-order valence-corrected chi connectivity index (χ1v) is 12.0. The number of benzene rings is 2. The van der Waals surface area contributed by atoms with Crippen molar-refractivity contribution in [2.24, 2.45) is 0 Å². The Morgan fingerprint density at radius 2 is 1.71 bits per heavy atom. The van der Waals surface area contributed by atoms with Crippen LogP contribution in [0.2, 0.25) is 0 Å². The Bertz CT molecular complexity index is 824. The fourth-order valence-electron chi connectivity index (χ4n) is 3.04. The average molecular weight is 443 g/mol. The van der Waals surface area contributed by atoms with Crippen molar-refractivity contribution in [1.29, 1.82) is 0 Å². The van der Waals surface area contributed by atoms with E-state index in [1.54, 1.807) is 11.8 Å². The van der Waals surface area contributed by atoms with E-state index in [0.717, 1.165) is 46.7 Å². The quantitative estimate of drug-likeness (QED) is 0.321. The molecular formula is C25H34N2O3S. The lowest BCUT2D eigenvalue weighted by Gasteiger charge is -2.23. The van der Waals surface area contributed by atoms with Crippen molar-refractivity contribution in [2.45, 2.75) is 62.7 Å².